The summed E-state index contributed by atoms with van der Waals surface area (Å²) in [4.78, 5) is 54.1. The van der Waals surface area contributed by atoms with Crippen LogP contribution in [-0.2, 0) is 19.1 Å². The molecule has 2 aliphatic rings. The van der Waals surface area contributed by atoms with Gasteiger partial charge < -0.3 is 9.47 Å². The molecule has 2 aliphatic heterocycles. The smallest absolute Gasteiger partial charge is 0.417 e. The Morgan fingerprint density at radius 3 is 1.00 bits per heavy atom. The van der Waals surface area contributed by atoms with E-state index in [9.17, 15) is 19.2 Å². The molecule has 4 amide bonds. The number of rotatable bonds is 36. The molecule has 4 rings (SSSR count). The lowest BCUT2D eigenvalue weighted by atomic mass is 10.0. The lowest BCUT2D eigenvalue weighted by molar-refractivity contribution is -0.129. The van der Waals surface area contributed by atoms with Crippen molar-refractivity contribution in [2.24, 2.45) is 0 Å². The topological polar surface area (TPSA) is 93.2 Å². The minimum atomic E-state index is -0.529. The Morgan fingerprint density at radius 2 is 0.718 bits per heavy atom. The van der Waals surface area contributed by atoms with E-state index in [4.69, 9.17) is 9.47 Å². The molecule has 0 unspecified atom stereocenters. The maximum absolute atomic E-state index is 13.2. The van der Waals surface area contributed by atoms with Crippen LogP contribution in [0.3, 0.4) is 0 Å². The number of carbonyl (C=O) groups is 4. The number of carbonyl (C=O) groups excluding carboxylic acids is 4. The van der Waals surface area contributed by atoms with E-state index in [1.807, 2.05) is 88.4 Å². The van der Waals surface area contributed by atoms with Crippen LogP contribution in [0, 0.1) is 0 Å². The van der Waals surface area contributed by atoms with Gasteiger partial charge in [-0.25, -0.2) is 19.4 Å². The van der Waals surface area contributed by atoms with Crippen LogP contribution in [0.4, 0.5) is 9.59 Å². The minimum absolute atomic E-state index is 0.128. The second-order valence-electron chi connectivity index (χ2n) is 19.3. The van der Waals surface area contributed by atoms with Crippen LogP contribution in [0.25, 0.3) is 0 Å². The number of ether oxygens (including phenoxy) is 2. The van der Waals surface area contributed by atoms with Gasteiger partial charge in [0.25, 0.3) is 0 Å². The van der Waals surface area contributed by atoms with Crippen molar-refractivity contribution in [2.75, 3.05) is 11.5 Å². The van der Waals surface area contributed by atoms with E-state index in [1.54, 1.807) is 23.5 Å². The standard InChI is InChI=1S/2C34H47NO3S/c2*1-4-6-7-8-9-10-11-12-13-14-15-16-17-18-19-20-21-25-28-39-31(5-2)33(36)35-29(3)32(38-34(35)37)30-26-23-22-24-27-30/h2*6-7,9-10,12-13,15-16,18-19,22-24,26-27,29,31-32H,4-5,8,11,14,17,20-21,25,28H2,1-3H3/b2*7-6-,10-9-,13-12-,16-15-,19-18-/t29-,31+,32-;29-,31-,32-/m00/s1. The van der Waals surface area contributed by atoms with E-state index in [0.717, 1.165) is 125 Å². The summed E-state index contributed by atoms with van der Waals surface area (Å²) in [7, 11) is 0. The van der Waals surface area contributed by atoms with Crippen LogP contribution >= 0.6 is 23.5 Å². The highest BCUT2D eigenvalue weighted by Crippen LogP contribution is 2.36. The number of thioether (sulfide) groups is 2. The summed E-state index contributed by atoms with van der Waals surface area (Å²) < 4.78 is 11.1. The number of amides is 4. The molecule has 78 heavy (non-hydrogen) atoms. The SMILES string of the molecule is CC/C=C\C/C=C\C/C=C\C/C=C\C/C=C\CCCCS[C@@H](CC)C(=O)N1C(=O)O[C@H](c2ccccc2)[C@@H]1C.CC/C=C\C/C=C\C/C=C\C/C=C\C/C=C\CCCCS[C@H](CC)C(=O)N1C(=O)O[C@H](c2ccccc2)[C@@H]1C. The molecule has 0 radical (unpaired) electrons. The van der Waals surface area contributed by atoms with Gasteiger partial charge in [0.1, 0.15) is 12.2 Å². The molecule has 0 aliphatic carbocycles. The van der Waals surface area contributed by atoms with Gasteiger partial charge in [-0.2, -0.15) is 0 Å². The first kappa shape index (κ1) is 66.7. The van der Waals surface area contributed by atoms with E-state index < -0.39 is 24.4 Å². The fourth-order valence-electron chi connectivity index (χ4n) is 8.65. The number of hydrogen-bond acceptors (Lipinski definition) is 8. The Morgan fingerprint density at radius 1 is 0.436 bits per heavy atom. The van der Waals surface area contributed by atoms with Gasteiger partial charge >= 0.3 is 12.2 Å². The van der Waals surface area contributed by atoms with Crippen molar-refractivity contribution >= 4 is 47.5 Å². The van der Waals surface area contributed by atoms with Gasteiger partial charge in [0.05, 0.1) is 22.6 Å². The highest BCUT2D eigenvalue weighted by molar-refractivity contribution is 8.00. The molecule has 6 atom stereocenters. The third-order valence-electron chi connectivity index (χ3n) is 13.0. The van der Waals surface area contributed by atoms with Crippen molar-refractivity contribution in [3.63, 3.8) is 0 Å². The Hall–Kier alpha value is -5.58. The van der Waals surface area contributed by atoms with Gasteiger partial charge in [-0.15, -0.1) is 23.5 Å². The van der Waals surface area contributed by atoms with Gasteiger partial charge in [0.15, 0.2) is 0 Å². The molecular formula is C68H94N2O6S2. The Labute approximate surface area is 480 Å². The average Bonchev–Trinajstić information content (AvgIpc) is 4.00. The van der Waals surface area contributed by atoms with Crippen LogP contribution in [0.15, 0.2) is 182 Å². The molecule has 2 heterocycles. The molecule has 2 saturated heterocycles. The number of unbranched alkanes of at least 4 members (excludes halogenated alkanes) is 4. The van der Waals surface area contributed by atoms with E-state index in [0.29, 0.717) is 12.8 Å². The number of benzene rings is 2. The summed E-state index contributed by atoms with van der Waals surface area (Å²) in [6.07, 6.45) is 60.4. The first-order valence-corrected chi connectivity index (χ1v) is 31.2. The fraction of sp³-hybridized carbons (Fsp3) is 0.471. The maximum Gasteiger partial charge on any atom is 0.417 e. The first-order chi connectivity index (χ1) is 38.2. The number of hydrogen-bond donors (Lipinski definition) is 0. The summed E-state index contributed by atoms with van der Waals surface area (Å²) in [5.74, 6) is 1.57. The summed E-state index contributed by atoms with van der Waals surface area (Å²) in [5, 5.41) is -0.438. The first-order valence-electron chi connectivity index (χ1n) is 29.1. The number of allylic oxidation sites excluding steroid dienone is 20. The van der Waals surface area contributed by atoms with Crippen LogP contribution < -0.4 is 0 Å². The van der Waals surface area contributed by atoms with E-state index in [1.165, 1.54) is 9.80 Å². The van der Waals surface area contributed by atoms with E-state index in [-0.39, 0.29) is 34.4 Å². The molecule has 8 nitrogen and oxygen atoms in total. The molecule has 2 aromatic rings. The molecule has 2 aromatic carbocycles. The highest BCUT2D eigenvalue weighted by atomic mass is 32.2. The van der Waals surface area contributed by atoms with Gasteiger partial charge in [-0.3, -0.25) is 9.59 Å². The zero-order valence-corrected chi connectivity index (χ0v) is 49.7. The van der Waals surface area contributed by atoms with E-state index in [2.05, 4.69) is 135 Å². The third-order valence-corrected chi connectivity index (χ3v) is 16.0. The normalized spacial score (nSPS) is 18.9. The van der Waals surface area contributed by atoms with E-state index >= 15 is 0 Å². The van der Waals surface area contributed by atoms with Crippen LogP contribution in [0.5, 0.6) is 0 Å². The van der Waals surface area contributed by atoms with Crippen LogP contribution in [0.2, 0.25) is 0 Å². The number of cyclic esters (lactones) is 2. The fourth-order valence-corrected chi connectivity index (χ4v) is 10.9. The lowest BCUT2D eigenvalue weighted by Gasteiger charge is -2.23. The monoisotopic (exact) mass is 1100 g/mol. The van der Waals surface area contributed by atoms with Gasteiger partial charge in [0, 0.05) is 0 Å². The Kier molecular flexibility index (Phi) is 37.0. The molecule has 2 fully saturated rings. The minimum Gasteiger partial charge on any atom is -0.439 e. The van der Waals surface area contributed by atoms with Crippen molar-refractivity contribution in [1.29, 1.82) is 0 Å². The van der Waals surface area contributed by atoms with Crippen molar-refractivity contribution in [3.8, 4) is 0 Å². The zero-order valence-electron chi connectivity index (χ0n) is 48.1. The summed E-state index contributed by atoms with van der Waals surface area (Å²) in [6.45, 7) is 12.1. The van der Waals surface area contributed by atoms with Crippen LogP contribution in [0.1, 0.15) is 180 Å². The largest absolute Gasteiger partial charge is 0.439 e. The number of nitrogens with zero attached hydrogens (tertiary/aromatic N) is 2. The van der Waals surface area contributed by atoms with Crippen LogP contribution in [-0.4, -0.2) is 67.9 Å². The van der Waals surface area contributed by atoms with Gasteiger partial charge in [-0.1, -0.05) is 210 Å². The molecule has 0 saturated carbocycles. The molecule has 0 aromatic heterocycles. The summed E-state index contributed by atoms with van der Waals surface area (Å²) >= 11 is 3.32. The van der Waals surface area contributed by atoms with Gasteiger partial charge in [0.2, 0.25) is 11.8 Å². The predicted octanol–water partition coefficient (Wildman–Crippen LogP) is 19.1. The second-order valence-corrected chi connectivity index (χ2v) is 21.9. The highest BCUT2D eigenvalue weighted by Gasteiger charge is 2.46. The molecule has 0 spiro atoms. The molecule has 0 bridgehead atoms. The molecule has 0 N–H and O–H groups in total. The summed E-state index contributed by atoms with van der Waals surface area (Å²) in [5.41, 5.74) is 1.84. The van der Waals surface area contributed by atoms with Crippen molar-refractivity contribution in [2.45, 2.75) is 192 Å². The zero-order chi connectivity index (χ0) is 56.3. The lowest BCUT2D eigenvalue weighted by Crippen LogP contribution is -2.42. The van der Waals surface area contributed by atoms with Crippen molar-refractivity contribution in [1.82, 2.24) is 9.80 Å². The Balaban J connectivity index is 0.000000410. The number of imide groups is 2. The maximum atomic E-state index is 13.2. The van der Waals surface area contributed by atoms with Gasteiger partial charge in [-0.05, 0) is 152 Å². The average molecular weight is 1100 g/mol. The molecule has 10 heteroatoms. The molecule has 424 valence electrons. The predicted molar refractivity (Wildman–Crippen MR) is 334 cm³/mol. The second kappa shape index (κ2) is 43.3. The third kappa shape index (κ3) is 26.9. The van der Waals surface area contributed by atoms with Crippen molar-refractivity contribution in [3.05, 3.63) is 193 Å². The summed E-state index contributed by atoms with van der Waals surface area (Å²) in [6, 6.07) is 18.7. The molecular weight excluding hydrogens is 1000 g/mol. The van der Waals surface area contributed by atoms with Crippen molar-refractivity contribution < 1.29 is 28.7 Å². The quantitative estimate of drug-likeness (QED) is 0.0492. The Bertz CT molecular complexity index is 2120.